The van der Waals surface area contributed by atoms with Crippen molar-refractivity contribution < 1.29 is 22.7 Å². The van der Waals surface area contributed by atoms with Gasteiger partial charge in [0.15, 0.2) is 15.9 Å². The van der Waals surface area contributed by atoms with E-state index in [0.29, 0.717) is 5.56 Å². The monoisotopic (exact) mass is 437 g/mol. The lowest BCUT2D eigenvalue weighted by Crippen LogP contribution is -2.47. The highest BCUT2D eigenvalue weighted by Crippen LogP contribution is 2.29. The molecule has 1 amide bonds. The number of carbonyl (C=O) groups is 2. The average molecular weight is 438 g/mol. The number of rotatable bonds is 8. The Labute approximate surface area is 170 Å². The first-order valence-corrected chi connectivity index (χ1v) is 11.0. The Bertz CT molecular complexity index is 775. The highest BCUT2D eigenvalue weighted by molar-refractivity contribution is 7.93. The maximum absolute atomic E-state index is 13.0. The van der Waals surface area contributed by atoms with Crippen molar-refractivity contribution in [2.75, 3.05) is 13.2 Å². The number of likely N-dealkylation sites (N-methyl/N-ethyl adjacent to an activating group) is 1. The molecule has 0 heterocycles. The van der Waals surface area contributed by atoms with E-state index < -0.39 is 38.3 Å². The number of nitrogens with zero attached hydrogens (tertiary/aromatic N) is 1. The summed E-state index contributed by atoms with van der Waals surface area (Å²) in [6.07, 6.45) is 0. The molecule has 0 spiro atoms. The predicted octanol–water partition coefficient (Wildman–Crippen LogP) is 3.66. The number of amides is 1. The molecule has 0 fully saturated rings. The largest absolute Gasteiger partial charge is 0.464 e. The number of hydrogen-bond acceptors (Lipinski definition) is 5. The number of carbonyl (C=O) groups excluding carboxylic acids is 2. The molecule has 1 rings (SSSR count). The van der Waals surface area contributed by atoms with Crippen molar-refractivity contribution in [1.82, 2.24) is 4.90 Å². The minimum absolute atomic E-state index is 0.102. The van der Waals surface area contributed by atoms with E-state index in [2.05, 4.69) is 0 Å². The topological polar surface area (TPSA) is 80.8 Å². The molecule has 0 saturated carbocycles. The van der Waals surface area contributed by atoms with Gasteiger partial charge in [-0.1, -0.05) is 23.2 Å². The molecule has 2 atom stereocenters. The average Bonchev–Trinajstić information content (AvgIpc) is 2.57. The summed E-state index contributed by atoms with van der Waals surface area (Å²) in [5.74, 6) is -1.36. The molecule has 1 aromatic rings. The van der Waals surface area contributed by atoms with Crippen LogP contribution in [0.25, 0.3) is 0 Å². The van der Waals surface area contributed by atoms with Crippen LogP contribution < -0.4 is 0 Å². The Hall–Kier alpha value is -1.31. The third kappa shape index (κ3) is 5.59. The first kappa shape index (κ1) is 23.7. The fourth-order valence-corrected chi connectivity index (χ4v) is 4.42. The van der Waals surface area contributed by atoms with E-state index in [-0.39, 0.29) is 23.2 Å². The van der Waals surface area contributed by atoms with Crippen molar-refractivity contribution >= 4 is 44.9 Å². The number of halogens is 2. The minimum atomic E-state index is -3.70. The van der Waals surface area contributed by atoms with Crippen LogP contribution in [0.1, 0.15) is 46.2 Å². The Morgan fingerprint density at radius 3 is 2.00 bits per heavy atom. The number of hydrogen-bond donors (Lipinski definition) is 0. The van der Waals surface area contributed by atoms with E-state index >= 15 is 0 Å². The van der Waals surface area contributed by atoms with Crippen LogP contribution in [0.15, 0.2) is 18.2 Å². The van der Waals surface area contributed by atoms with Gasteiger partial charge in [-0.05, 0) is 58.4 Å². The second-order valence-corrected chi connectivity index (χ2v) is 9.96. The van der Waals surface area contributed by atoms with Gasteiger partial charge in [0.25, 0.3) is 0 Å². The van der Waals surface area contributed by atoms with E-state index in [4.69, 9.17) is 27.9 Å². The van der Waals surface area contributed by atoms with Crippen molar-refractivity contribution in [3.63, 3.8) is 0 Å². The highest BCUT2D eigenvalue weighted by Gasteiger charge is 2.39. The third-order valence-corrected chi connectivity index (χ3v) is 7.08. The van der Waals surface area contributed by atoms with Crippen LogP contribution in [0, 0.1) is 0 Å². The molecule has 27 heavy (non-hydrogen) atoms. The molecule has 0 bridgehead atoms. The maximum atomic E-state index is 13.0. The van der Waals surface area contributed by atoms with Crippen molar-refractivity contribution in [2.45, 2.75) is 51.2 Å². The van der Waals surface area contributed by atoms with Crippen LogP contribution in [-0.2, 0) is 24.2 Å². The van der Waals surface area contributed by atoms with E-state index in [1.54, 1.807) is 13.8 Å². The number of sulfone groups is 1. The van der Waals surface area contributed by atoms with Crippen molar-refractivity contribution in [3.8, 4) is 0 Å². The van der Waals surface area contributed by atoms with Gasteiger partial charge in [0.05, 0.1) is 11.9 Å². The molecular weight excluding hydrogens is 413 g/mol. The standard InChI is InChI=1S/C18H25Cl2NO5S/c1-6-21(17(22)12(5)27(24,25)11(3)4)16(18(23)26-7-2)13-8-14(19)10-15(20)9-13/h8-12,16H,6-7H2,1-5H3/t12-,16-/m1/s1. The zero-order chi connectivity index (χ0) is 20.9. The zero-order valence-corrected chi connectivity index (χ0v) is 18.4. The summed E-state index contributed by atoms with van der Waals surface area (Å²) < 4.78 is 30.0. The van der Waals surface area contributed by atoms with E-state index in [1.807, 2.05) is 0 Å². The maximum Gasteiger partial charge on any atom is 0.333 e. The first-order valence-electron chi connectivity index (χ1n) is 8.63. The Kier molecular flexibility index (Phi) is 8.57. The summed E-state index contributed by atoms with van der Waals surface area (Å²) >= 11 is 12.1. The second-order valence-electron chi connectivity index (χ2n) is 6.26. The summed E-state index contributed by atoms with van der Waals surface area (Å²) in [6.45, 7) is 7.85. The molecule has 6 nitrogen and oxygen atoms in total. The molecule has 0 N–H and O–H groups in total. The zero-order valence-electron chi connectivity index (χ0n) is 16.0. The van der Waals surface area contributed by atoms with E-state index in [1.165, 1.54) is 43.9 Å². The molecular formula is C18H25Cl2NO5S. The smallest absolute Gasteiger partial charge is 0.333 e. The van der Waals surface area contributed by atoms with Crippen LogP contribution in [0.2, 0.25) is 10.0 Å². The molecule has 0 aliphatic carbocycles. The van der Waals surface area contributed by atoms with Crippen LogP contribution in [0.4, 0.5) is 0 Å². The molecule has 0 aliphatic rings. The fraction of sp³-hybridized carbons (Fsp3) is 0.556. The Morgan fingerprint density at radius 2 is 1.59 bits per heavy atom. The first-order chi connectivity index (χ1) is 12.5. The summed E-state index contributed by atoms with van der Waals surface area (Å²) in [6, 6.07) is 3.36. The van der Waals surface area contributed by atoms with Gasteiger partial charge in [0, 0.05) is 16.6 Å². The van der Waals surface area contributed by atoms with Gasteiger partial charge in [-0.15, -0.1) is 0 Å². The lowest BCUT2D eigenvalue weighted by molar-refractivity contribution is -0.155. The van der Waals surface area contributed by atoms with Gasteiger partial charge in [-0.3, -0.25) is 4.79 Å². The quantitative estimate of drug-likeness (QED) is 0.579. The van der Waals surface area contributed by atoms with Crippen molar-refractivity contribution in [1.29, 1.82) is 0 Å². The fourth-order valence-electron chi connectivity index (χ4n) is 2.65. The second kappa shape index (κ2) is 9.75. The van der Waals surface area contributed by atoms with Gasteiger partial charge in [0.2, 0.25) is 5.91 Å². The van der Waals surface area contributed by atoms with Gasteiger partial charge < -0.3 is 9.64 Å². The molecule has 0 saturated heterocycles. The summed E-state index contributed by atoms with van der Waals surface area (Å²) in [7, 11) is -3.70. The van der Waals surface area contributed by atoms with Crippen LogP contribution in [0.5, 0.6) is 0 Å². The molecule has 9 heteroatoms. The molecule has 0 unspecified atom stereocenters. The number of ether oxygens (including phenoxy) is 1. The number of esters is 1. The molecule has 0 radical (unpaired) electrons. The lowest BCUT2D eigenvalue weighted by atomic mass is 10.0. The van der Waals surface area contributed by atoms with Crippen LogP contribution >= 0.6 is 23.2 Å². The Morgan fingerprint density at radius 1 is 1.07 bits per heavy atom. The van der Waals surface area contributed by atoms with Crippen LogP contribution in [0.3, 0.4) is 0 Å². The van der Waals surface area contributed by atoms with Crippen molar-refractivity contribution in [2.24, 2.45) is 0 Å². The highest BCUT2D eigenvalue weighted by atomic mass is 35.5. The Balaban J connectivity index is 3.44. The van der Waals surface area contributed by atoms with E-state index in [0.717, 1.165) is 0 Å². The predicted molar refractivity (Wildman–Crippen MR) is 107 cm³/mol. The van der Waals surface area contributed by atoms with Crippen molar-refractivity contribution in [3.05, 3.63) is 33.8 Å². The molecule has 0 aromatic heterocycles. The molecule has 152 valence electrons. The normalized spacial score (nSPS) is 13.9. The summed E-state index contributed by atoms with van der Waals surface area (Å²) in [4.78, 5) is 26.8. The van der Waals surface area contributed by atoms with Gasteiger partial charge >= 0.3 is 5.97 Å². The minimum Gasteiger partial charge on any atom is -0.464 e. The van der Waals surface area contributed by atoms with Crippen LogP contribution in [-0.4, -0.2) is 48.8 Å². The van der Waals surface area contributed by atoms with Gasteiger partial charge in [0.1, 0.15) is 5.25 Å². The lowest BCUT2D eigenvalue weighted by Gasteiger charge is -2.32. The van der Waals surface area contributed by atoms with Gasteiger partial charge in [-0.2, -0.15) is 0 Å². The number of benzene rings is 1. The van der Waals surface area contributed by atoms with E-state index in [9.17, 15) is 18.0 Å². The summed E-state index contributed by atoms with van der Waals surface area (Å²) in [5.41, 5.74) is 0.357. The molecule has 0 aliphatic heterocycles. The SMILES string of the molecule is CCOC(=O)[C@@H](c1cc(Cl)cc(Cl)c1)N(CC)C(=O)[C@@H](C)S(=O)(=O)C(C)C. The summed E-state index contributed by atoms with van der Waals surface area (Å²) in [5, 5.41) is -1.45. The van der Waals surface area contributed by atoms with Gasteiger partial charge in [-0.25, -0.2) is 13.2 Å². The third-order valence-electron chi connectivity index (χ3n) is 4.14. The molecule has 1 aromatic carbocycles.